The predicted molar refractivity (Wildman–Crippen MR) is 101 cm³/mol. The first-order chi connectivity index (χ1) is 13.2. The van der Waals surface area contributed by atoms with E-state index in [1.165, 1.54) is 0 Å². The van der Waals surface area contributed by atoms with E-state index in [-0.39, 0.29) is 24.7 Å². The fourth-order valence-electron chi connectivity index (χ4n) is 2.66. The lowest BCUT2D eigenvalue weighted by molar-refractivity contribution is 0.00943. The molecule has 1 aromatic heterocycles. The normalized spacial score (nSPS) is 19.6. The summed E-state index contributed by atoms with van der Waals surface area (Å²) in [4.78, 5) is 22.8. The molecule has 1 saturated heterocycles. The van der Waals surface area contributed by atoms with Crippen LogP contribution in [0.1, 0.15) is 56.5 Å². The Morgan fingerprint density at radius 3 is 2.89 bits per heavy atom. The number of hydrogen-bond acceptors (Lipinski definition) is 5. The van der Waals surface area contributed by atoms with Gasteiger partial charge in [0.05, 0.1) is 37.5 Å². The maximum Gasteiger partial charge on any atom is 0.435 e. The van der Waals surface area contributed by atoms with Crippen LogP contribution in [0.15, 0.2) is 22.1 Å². The molecule has 0 saturated carbocycles. The molecule has 1 aliphatic heterocycles. The van der Waals surface area contributed by atoms with Gasteiger partial charge in [-0.05, 0) is 31.4 Å². The number of aromatic nitrogens is 1. The maximum atomic E-state index is 11.8. The average Bonchev–Trinajstić information content (AvgIpc) is 3.35. The van der Waals surface area contributed by atoms with Crippen molar-refractivity contribution in [3.63, 3.8) is 0 Å². The van der Waals surface area contributed by atoms with E-state index in [9.17, 15) is 4.79 Å². The number of nitrogens with zero attached hydrogens (tertiary/aromatic N) is 3. The van der Waals surface area contributed by atoms with Crippen LogP contribution >= 0.6 is 0 Å². The molecule has 0 bridgehead atoms. The molecule has 0 radical (unpaired) electrons. The molecule has 0 aromatic carbocycles. The highest BCUT2D eigenvalue weighted by molar-refractivity contribution is 6.05. The Kier molecular flexibility index (Phi) is 10.4. The molecule has 0 aliphatic carbocycles. The first kappa shape index (κ1) is 22.3. The average molecular weight is 377 g/mol. The number of carbonyl (C=O) groups is 1. The molecule has 9 nitrogen and oxygen atoms in total. The van der Waals surface area contributed by atoms with Gasteiger partial charge in [0.25, 0.3) is 0 Å². The fourth-order valence-corrected chi connectivity index (χ4v) is 2.66. The van der Waals surface area contributed by atoms with Crippen LogP contribution in [-0.2, 0) is 9.47 Å². The van der Waals surface area contributed by atoms with E-state index in [0.29, 0.717) is 12.3 Å². The summed E-state index contributed by atoms with van der Waals surface area (Å²) in [7, 11) is 0. The Morgan fingerprint density at radius 1 is 1.48 bits per heavy atom. The van der Waals surface area contributed by atoms with Gasteiger partial charge in [-0.15, -0.1) is 0 Å². The topological polar surface area (TPSA) is 146 Å². The number of unbranched alkanes of at least 4 members (excludes halogenated alkanes) is 2. The Hall–Kier alpha value is -2.70. The molecule has 2 unspecified atom stereocenters. The Morgan fingerprint density at radius 2 is 2.26 bits per heavy atom. The molecule has 9 heteroatoms. The minimum absolute atomic E-state index is 0.0120. The molecule has 1 aliphatic rings. The number of nitrogens with one attached hydrogen (secondary N) is 1. The van der Waals surface area contributed by atoms with Gasteiger partial charge in [0, 0.05) is 12.3 Å². The van der Waals surface area contributed by atoms with Gasteiger partial charge in [0.1, 0.15) is 0 Å². The summed E-state index contributed by atoms with van der Waals surface area (Å²) < 4.78 is 10.8. The number of aliphatic imine (C=N–C) groups is 2. The van der Waals surface area contributed by atoms with Gasteiger partial charge in [-0.3, -0.25) is 0 Å². The summed E-state index contributed by atoms with van der Waals surface area (Å²) in [5.41, 5.74) is 6.76. The number of nitriles is 1. The number of aromatic amines is 1. The quantitative estimate of drug-likeness (QED) is 0.378. The van der Waals surface area contributed by atoms with Crippen LogP contribution in [-0.4, -0.2) is 47.7 Å². The van der Waals surface area contributed by atoms with Crippen molar-refractivity contribution in [2.75, 3.05) is 13.2 Å². The highest BCUT2D eigenvalue weighted by Crippen LogP contribution is 2.32. The van der Waals surface area contributed by atoms with Crippen LogP contribution in [0.3, 0.4) is 0 Å². The summed E-state index contributed by atoms with van der Waals surface area (Å²) in [5.74, 6) is 0.158. The van der Waals surface area contributed by atoms with Gasteiger partial charge in [-0.1, -0.05) is 19.8 Å². The first-order valence-corrected chi connectivity index (χ1v) is 8.89. The van der Waals surface area contributed by atoms with E-state index in [1.807, 2.05) is 6.07 Å². The molecular formula is C18H27N5O4. The van der Waals surface area contributed by atoms with Crippen molar-refractivity contribution in [3.8, 4) is 6.57 Å². The summed E-state index contributed by atoms with van der Waals surface area (Å²) >= 11 is 0. The summed E-state index contributed by atoms with van der Waals surface area (Å²) in [5, 5.41) is 15.7. The minimum atomic E-state index is -0.690. The zero-order chi connectivity index (χ0) is 20.1. The second kappa shape index (κ2) is 12.6. The summed E-state index contributed by atoms with van der Waals surface area (Å²) in [6, 6.07) is 3.62. The number of aliphatic hydroxyl groups excluding tert-OH is 1. The first-order valence-electron chi connectivity index (χ1n) is 8.89. The molecule has 1 aromatic rings. The molecule has 27 heavy (non-hydrogen) atoms. The van der Waals surface area contributed by atoms with E-state index >= 15 is 0 Å². The van der Waals surface area contributed by atoms with Crippen LogP contribution in [0.2, 0.25) is 0 Å². The molecule has 2 rings (SSSR count). The number of amides is 1. The number of nitrogens with two attached hydrogens (primary N) is 1. The van der Waals surface area contributed by atoms with Crippen molar-refractivity contribution in [1.29, 1.82) is 5.26 Å². The predicted octanol–water partition coefficient (Wildman–Crippen LogP) is 2.43. The van der Waals surface area contributed by atoms with Crippen LogP contribution < -0.4 is 5.73 Å². The highest BCUT2D eigenvalue weighted by atomic mass is 16.5. The number of rotatable bonds is 7. The summed E-state index contributed by atoms with van der Waals surface area (Å²) in [6.07, 6.45) is 4.63. The van der Waals surface area contributed by atoms with Crippen LogP contribution in [0.25, 0.3) is 0 Å². The number of carbonyl (C=O) groups excluding carboxylic acids is 1. The number of ether oxygens (including phenoxy) is 2. The van der Waals surface area contributed by atoms with Gasteiger partial charge < -0.3 is 25.3 Å². The lowest BCUT2D eigenvalue weighted by atomic mass is 10.1. The third-order valence-electron chi connectivity index (χ3n) is 3.97. The van der Waals surface area contributed by atoms with Crippen LogP contribution in [0.4, 0.5) is 4.79 Å². The van der Waals surface area contributed by atoms with E-state index in [1.54, 1.807) is 6.07 Å². The van der Waals surface area contributed by atoms with Crippen molar-refractivity contribution >= 4 is 18.3 Å². The van der Waals surface area contributed by atoms with E-state index in [2.05, 4.69) is 28.5 Å². The lowest BCUT2D eigenvalue weighted by Gasteiger charge is -2.10. The van der Waals surface area contributed by atoms with Crippen molar-refractivity contribution in [2.24, 2.45) is 15.7 Å². The Balaban J connectivity index is 0.00000176. The second-order valence-corrected chi connectivity index (χ2v) is 5.87. The van der Waals surface area contributed by atoms with Gasteiger partial charge in [0.2, 0.25) is 0 Å². The van der Waals surface area contributed by atoms with Crippen molar-refractivity contribution in [2.45, 2.75) is 51.2 Å². The molecule has 1 fully saturated rings. The van der Waals surface area contributed by atoms with Crippen LogP contribution in [0, 0.1) is 11.8 Å². The lowest BCUT2D eigenvalue weighted by Crippen LogP contribution is -2.11. The number of hydrogen-bond donors (Lipinski definition) is 3. The zero-order valence-electron chi connectivity index (χ0n) is 15.5. The highest BCUT2D eigenvalue weighted by Gasteiger charge is 2.27. The zero-order valence-corrected chi connectivity index (χ0v) is 15.5. The summed E-state index contributed by atoms with van der Waals surface area (Å²) in [6.45, 7) is 5.93. The molecule has 2 heterocycles. The van der Waals surface area contributed by atoms with Crippen molar-refractivity contribution in [1.82, 2.24) is 4.98 Å². The molecule has 1 amide bonds. The van der Waals surface area contributed by atoms with E-state index < -0.39 is 6.09 Å². The third-order valence-corrected chi connectivity index (χ3v) is 3.97. The smallest absolute Gasteiger partial charge is 0.435 e. The Bertz CT molecular complexity index is 653. The largest absolute Gasteiger partial charge is 0.448 e. The van der Waals surface area contributed by atoms with Crippen molar-refractivity contribution in [3.05, 3.63) is 23.5 Å². The fraction of sp³-hybridized carbons (Fsp3) is 0.556. The third kappa shape index (κ3) is 7.21. The number of amidine groups is 1. The van der Waals surface area contributed by atoms with Gasteiger partial charge >= 0.3 is 6.09 Å². The van der Waals surface area contributed by atoms with E-state index in [4.69, 9.17) is 25.6 Å². The van der Waals surface area contributed by atoms with Gasteiger partial charge in [0.15, 0.2) is 5.84 Å². The van der Waals surface area contributed by atoms with Crippen molar-refractivity contribution < 1.29 is 19.4 Å². The molecule has 4 N–H and O–H groups in total. The standard InChI is InChI=1S/C17H26N4O4.CHN/c1-2-3-4-9-24-17(23)21-16(19-11-18)14-7-6-13(20-14)15-8-5-12(10-22)25-15;1-2/h6-7,11-12,15,20,22H,2-5,8-10H2,1H3,(H2,18,19,21,23);1H. The van der Waals surface area contributed by atoms with Gasteiger partial charge in [-0.25, -0.2) is 15.0 Å². The molecule has 2 atom stereocenters. The molecule has 148 valence electrons. The van der Waals surface area contributed by atoms with Gasteiger partial charge in [-0.2, -0.15) is 4.99 Å². The maximum absolute atomic E-state index is 11.8. The molecule has 0 spiro atoms. The minimum Gasteiger partial charge on any atom is -0.448 e. The molecular weight excluding hydrogens is 350 g/mol. The monoisotopic (exact) mass is 377 g/mol. The second-order valence-electron chi connectivity index (χ2n) is 5.87. The number of H-pyrrole nitrogens is 1. The van der Waals surface area contributed by atoms with Crippen LogP contribution in [0.5, 0.6) is 0 Å². The SMILES string of the molecule is C#N.CCCCCOC(=O)/N=C(\N=CN)c1ccc(C2CCC(CO)O2)[nH]1. The van der Waals surface area contributed by atoms with E-state index in [0.717, 1.165) is 44.1 Å². The Labute approximate surface area is 158 Å². The number of aliphatic hydroxyl groups is 1.